The number of benzene rings is 2. The molecular weight excluding hydrogens is 471 g/mol. The summed E-state index contributed by atoms with van der Waals surface area (Å²) in [6, 6.07) is 9.68. The van der Waals surface area contributed by atoms with E-state index in [1.807, 2.05) is 29.5 Å². The van der Waals surface area contributed by atoms with Crippen molar-refractivity contribution in [1.82, 2.24) is 10.9 Å². The summed E-state index contributed by atoms with van der Waals surface area (Å²) in [5.74, 6) is 0.104. The first-order valence-corrected chi connectivity index (χ1v) is 9.28. The molecular formula is C18H18ClIN2O4. The fourth-order valence-corrected chi connectivity index (χ4v) is 3.18. The van der Waals surface area contributed by atoms with Crippen LogP contribution in [0.5, 0.6) is 11.5 Å². The minimum absolute atomic E-state index is 0.330. The summed E-state index contributed by atoms with van der Waals surface area (Å²) in [5, 5.41) is 0.535. The van der Waals surface area contributed by atoms with Crippen LogP contribution in [0.1, 0.15) is 34.1 Å². The molecule has 6 nitrogen and oxygen atoms in total. The van der Waals surface area contributed by atoms with Gasteiger partial charge in [0.25, 0.3) is 11.8 Å². The maximum absolute atomic E-state index is 12.3. The minimum atomic E-state index is -0.470. The fraction of sp³-hybridized carbons (Fsp3) is 0.222. The van der Waals surface area contributed by atoms with Crippen molar-refractivity contribution in [2.75, 3.05) is 13.7 Å². The number of rotatable bonds is 6. The summed E-state index contributed by atoms with van der Waals surface area (Å²) >= 11 is 7.88. The van der Waals surface area contributed by atoms with Crippen molar-refractivity contribution in [3.05, 3.63) is 56.1 Å². The second kappa shape index (κ2) is 9.63. The standard InChI is InChI=1S/C18H18ClIN2O4/c1-3-8-26-15-7-4-11(9-16(15)25-2)17(23)21-22-18(24)13-6-5-12(19)10-14(13)20/h4-7,9-10H,3,8H2,1-2H3,(H,21,23)(H,22,24). The first-order chi connectivity index (χ1) is 12.5. The summed E-state index contributed by atoms with van der Waals surface area (Å²) in [4.78, 5) is 24.5. The lowest BCUT2D eigenvalue weighted by molar-refractivity contribution is 0.0846. The molecule has 8 heteroatoms. The van der Waals surface area contributed by atoms with Crippen molar-refractivity contribution in [2.24, 2.45) is 0 Å². The minimum Gasteiger partial charge on any atom is -0.493 e. The molecule has 0 aliphatic rings. The first-order valence-electron chi connectivity index (χ1n) is 7.82. The second-order valence-corrected chi connectivity index (χ2v) is 6.85. The SMILES string of the molecule is CCCOc1ccc(C(=O)NNC(=O)c2ccc(Cl)cc2I)cc1OC. The van der Waals surface area contributed by atoms with Gasteiger partial charge in [-0.1, -0.05) is 18.5 Å². The third-order valence-corrected chi connectivity index (χ3v) is 4.48. The third kappa shape index (κ3) is 5.25. The first kappa shape index (κ1) is 20.3. The van der Waals surface area contributed by atoms with Crippen LogP contribution in [0.3, 0.4) is 0 Å². The molecule has 138 valence electrons. The number of nitrogens with one attached hydrogen (secondary N) is 2. The topological polar surface area (TPSA) is 76.7 Å². The van der Waals surface area contributed by atoms with Crippen LogP contribution < -0.4 is 20.3 Å². The Hall–Kier alpha value is -2.00. The average molecular weight is 489 g/mol. The van der Waals surface area contributed by atoms with E-state index in [4.69, 9.17) is 21.1 Å². The molecule has 2 aromatic carbocycles. The van der Waals surface area contributed by atoms with Gasteiger partial charge in [-0.05, 0) is 65.4 Å². The number of ether oxygens (including phenoxy) is 2. The third-order valence-electron chi connectivity index (χ3n) is 3.35. The Morgan fingerprint density at radius 2 is 1.81 bits per heavy atom. The van der Waals surface area contributed by atoms with Crippen molar-refractivity contribution < 1.29 is 19.1 Å². The van der Waals surface area contributed by atoms with E-state index in [1.165, 1.54) is 7.11 Å². The van der Waals surface area contributed by atoms with Crippen LogP contribution in [0, 0.1) is 3.57 Å². The molecule has 0 bridgehead atoms. The van der Waals surface area contributed by atoms with E-state index < -0.39 is 11.8 Å². The number of carbonyl (C=O) groups excluding carboxylic acids is 2. The van der Waals surface area contributed by atoms with Gasteiger partial charge in [0.05, 0.1) is 19.3 Å². The molecule has 0 aromatic heterocycles. The highest BCUT2D eigenvalue weighted by molar-refractivity contribution is 14.1. The number of carbonyl (C=O) groups is 2. The van der Waals surface area contributed by atoms with Crippen molar-refractivity contribution in [1.29, 1.82) is 0 Å². The Kier molecular flexibility index (Phi) is 7.52. The zero-order chi connectivity index (χ0) is 19.1. The number of hydrogen-bond donors (Lipinski definition) is 2. The monoisotopic (exact) mass is 488 g/mol. The highest BCUT2D eigenvalue weighted by Gasteiger charge is 2.14. The number of hydrogen-bond acceptors (Lipinski definition) is 4. The summed E-state index contributed by atoms with van der Waals surface area (Å²) in [6.45, 7) is 2.55. The molecule has 0 aliphatic heterocycles. The smallest absolute Gasteiger partial charge is 0.270 e. The van der Waals surface area contributed by atoms with Gasteiger partial charge in [0, 0.05) is 14.2 Å². The summed E-state index contributed by atoms with van der Waals surface area (Å²) in [6.07, 6.45) is 0.862. The molecule has 2 aromatic rings. The van der Waals surface area contributed by atoms with Gasteiger partial charge in [0.2, 0.25) is 0 Å². The van der Waals surface area contributed by atoms with Crippen LogP contribution in [-0.4, -0.2) is 25.5 Å². The van der Waals surface area contributed by atoms with E-state index >= 15 is 0 Å². The molecule has 0 atom stereocenters. The van der Waals surface area contributed by atoms with Crippen LogP contribution in [0.4, 0.5) is 0 Å². The molecule has 0 unspecified atom stereocenters. The lowest BCUT2D eigenvalue weighted by Crippen LogP contribution is -2.41. The van der Waals surface area contributed by atoms with E-state index in [-0.39, 0.29) is 0 Å². The molecule has 0 radical (unpaired) electrons. The van der Waals surface area contributed by atoms with Crippen molar-refractivity contribution in [3.63, 3.8) is 0 Å². The summed E-state index contributed by atoms with van der Waals surface area (Å²) in [7, 11) is 1.50. The molecule has 0 spiro atoms. The lowest BCUT2D eigenvalue weighted by atomic mass is 10.2. The van der Waals surface area contributed by atoms with Crippen LogP contribution in [0.15, 0.2) is 36.4 Å². The van der Waals surface area contributed by atoms with Gasteiger partial charge < -0.3 is 9.47 Å². The van der Waals surface area contributed by atoms with Gasteiger partial charge in [0.15, 0.2) is 11.5 Å². The number of methoxy groups -OCH3 is 1. The van der Waals surface area contributed by atoms with Crippen molar-refractivity contribution in [2.45, 2.75) is 13.3 Å². The van der Waals surface area contributed by atoms with Crippen molar-refractivity contribution in [3.8, 4) is 11.5 Å². The Balaban J connectivity index is 2.04. The largest absolute Gasteiger partial charge is 0.493 e. The van der Waals surface area contributed by atoms with E-state index in [1.54, 1.807) is 36.4 Å². The predicted molar refractivity (Wildman–Crippen MR) is 108 cm³/mol. The van der Waals surface area contributed by atoms with Crippen LogP contribution >= 0.6 is 34.2 Å². The van der Waals surface area contributed by atoms with E-state index in [0.717, 1.165) is 6.42 Å². The highest BCUT2D eigenvalue weighted by Crippen LogP contribution is 2.28. The average Bonchev–Trinajstić information content (AvgIpc) is 2.63. The Labute approximate surface area is 170 Å². The Morgan fingerprint density at radius 1 is 1.08 bits per heavy atom. The Morgan fingerprint density at radius 3 is 2.46 bits per heavy atom. The normalized spacial score (nSPS) is 10.2. The second-order valence-electron chi connectivity index (χ2n) is 5.25. The fourth-order valence-electron chi connectivity index (χ4n) is 2.07. The lowest BCUT2D eigenvalue weighted by Gasteiger charge is -2.12. The zero-order valence-corrected chi connectivity index (χ0v) is 17.2. The van der Waals surface area contributed by atoms with Crippen LogP contribution in [-0.2, 0) is 0 Å². The van der Waals surface area contributed by atoms with Crippen molar-refractivity contribution >= 4 is 46.0 Å². The quantitative estimate of drug-likeness (QED) is 0.479. The maximum Gasteiger partial charge on any atom is 0.270 e. The van der Waals surface area contributed by atoms with Gasteiger partial charge in [-0.3, -0.25) is 20.4 Å². The van der Waals surface area contributed by atoms with E-state index in [2.05, 4.69) is 10.9 Å². The molecule has 0 fully saturated rings. The molecule has 2 rings (SSSR count). The van der Waals surface area contributed by atoms with Gasteiger partial charge >= 0.3 is 0 Å². The number of halogens is 2. The summed E-state index contributed by atoms with van der Waals surface area (Å²) < 4.78 is 11.5. The van der Waals surface area contributed by atoms with Gasteiger partial charge in [0.1, 0.15) is 0 Å². The molecule has 0 heterocycles. The molecule has 0 saturated heterocycles. The van der Waals surface area contributed by atoms with Crippen LogP contribution in [0.2, 0.25) is 5.02 Å². The zero-order valence-electron chi connectivity index (χ0n) is 14.3. The van der Waals surface area contributed by atoms with Gasteiger partial charge in [-0.2, -0.15) is 0 Å². The molecule has 0 aliphatic carbocycles. The van der Waals surface area contributed by atoms with Crippen LogP contribution in [0.25, 0.3) is 0 Å². The van der Waals surface area contributed by atoms with Gasteiger partial charge in [-0.25, -0.2) is 0 Å². The maximum atomic E-state index is 12.3. The molecule has 0 saturated carbocycles. The Bertz CT molecular complexity index is 814. The van der Waals surface area contributed by atoms with E-state index in [9.17, 15) is 9.59 Å². The molecule has 2 amide bonds. The highest BCUT2D eigenvalue weighted by atomic mass is 127. The number of amides is 2. The summed E-state index contributed by atoms with van der Waals surface area (Å²) in [5.41, 5.74) is 5.51. The molecule has 2 N–H and O–H groups in total. The molecule has 26 heavy (non-hydrogen) atoms. The van der Waals surface area contributed by atoms with E-state index in [0.29, 0.717) is 37.8 Å². The van der Waals surface area contributed by atoms with Gasteiger partial charge in [-0.15, -0.1) is 0 Å². The predicted octanol–water partition coefficient (Wildman–Crippen LogP) is 3.82. The number of hydrazine groups is 1.